The number of H-pyrrole nitrogens is 1. The Labute approximate surface area is 203 Å². The molecule has 0 spiro atoms. The Morgan fingerprint density at radius 1 is 1.30 bits per heavy atom. The van der Waals surface area contributed by atoms with E-state index in [1.54, 1.807) is 25.3 Å². The number of hydrogen-bond donors (Lipinski definition) is 3. The number of carbonyl (C=O) groups excluding carboxylic acids is 1. The summed E-state index contributed by atoms with van der Waals surface area (Å²) in [6.07, 6.45) is 2.90. The molecule has 1 amide bonds. The minimum absolute atomic E-state index is 0.0503. The second-order valence-electron chi connectivity index (χ2n) is 7.55. The summed E-state index contributed by atoms with van der Waals surface area (Å²) >= 11 is 13.3. The number of amides is 1. The predicted octanol–water partition coefficient (Wildman–Crippen LogP) is 4.25. The zero-order valence-corrected chi connectivity index (χ0v) is 20.1. The van der Waals surface area contributed by atoms with Crippen LogP contribution < -0.4 is 15.0 Å². The van der Waals surface area contributed by atoms with Crippen molar-refractivity contribution in [3.63, 3.8) is 0 Å². The summed E-state index contributed by atoms with van der Waals surface area (Å²) in [5.41, 5.74) is 1.64. The van der Waals surface area contributed by atoms with Crippen molar-refractivity contribution in [1.82, 2.24) is 20.3 Å². The molecule has 9 nitrogen and oxygen atoms in total. The van der Waals surface area contributed by atoms with Crippen LogP contribution in [0.25, 0.3) is 11.4 Å². The van der Waals surface area contributed by atoms with Gasteiger partial charge in [0.2, 0.25) is 0 Å². The SMILES string of the molecule is COc1ccnc(-c2nc(N3CCC(NC(=O)c4[nH]c(C)c(Cl)c4Cl)CC3)sc2C(=O)O)c1. The summed E-state index contributed by atoms with van der Waals surface area (Å²) < 4.78 is 5.22. The number of carboxylic acids is 1. The van der Waals surface area contributed by atoms with Gasteiger partial charge >= 0.3 is 5.97 Å². The smallest absolute Gasteiger partial charge is 0.348 e. The van der Waals surface area contributed by atoms with Crippen LogP contribution in [0.3, 0.4) is 0 Å². The summed E-state index contributed by atoms with van der Waals surface area (Å²) in [6, 6.07) is 3.30. The number of pyridine rings is 1. The van der Waals surface area contributed by atoms with Crippen molar-refractivity contribution in [2.24, 2.45) is 0 Å². The number of nitrogens with one attached hydrogen (secondary N) is 2. The van der Waals surface area contributed by atoms with Crippen molar-refractivity contribution in [3.8, 4) is 17.1 Å². The first-order valence-electron chi connectivity index (χ1n) is 10.1. The lowest BCUT2D eigenvalue weighted by Crippen LogP contribution is -2.44. The first-order valence-corrected chi connectivity index (χ1v) is 11.7. The fourth-order valence-corrected chi connectivity index (χ4v) is 5.01. The number of rotatable bonds is 6. The highest BCUT2D eigenvalue weighted by Crippen LogP contribution is 2.35. The molecule has 0 atom stereocenters. The van der Waals surface area contributed by atoms with Crippen molar-refractivity contribution in [2.45, 2.75) is 25.8 Å². The third kappa shape index (κ3) is 4.78. The lowest BCUT2D eigenvalue weighted by atomic mass is 10.1. The van der Waals surface area contributed by atoms with Gasteiger partial charge < -0.3 is 25.0 Å². The van der Waals surface area contributed by atoms with Gasteiger partial charge in [-0.2, -0.15) is 0 Å². The van der Waals surface area contributed by atoms with Crippen LogP contribution in [0.4, 0.5) is 5.13 Å². The van der Waals surface area contributed by atoms with Crippen LogP contribution in [-0.4, -0.2) is 58.2 Å². The van der Waals surface area contributed by atoms with Gasteiger partial charge in [0.25, 0.3) is 5.91 Å². The summed E-state index contributed by atoms with van der Waals surface area (Å²) in [4.78, 5) is 38.3. The molecule has 33 heavy (non-hydrogen) atoms. The Morgan fingerprint density at radius 3 is 2.64 bits per heavy atom. The third-order valence-corrected chi connectivity index (χ3v) is 7.45. The largest absolute Gasteiger partial charge is 0.497 e. The molecular weight excluding hydrogens is 489 g/mol. The van der Waals surface area contributed by atoms with Gasteiger partial charge in [-0.1, -0.05) is 34.5 Å². The molecule has 12 heteroatoms. The fraction of sp³-hybridized carbons (Fsp3) is 0.333. The van der Waals surface area contributed by atoms with E-state index in [0.717, 1.165) is 11.3 Å². The number of ether oxygens (including phenoxy) is 1. The van der Waals surface area contributed by atoms with Crippen LogP contribution in [0.15, 0.2) is 18.3 Å². The predicted molar refractivity (Wildman–Crippen MR) is 127 cm³/mol. The number of aromatic nitrogens is 3. The van der Waals surface area contributed by atoms with Gasteiger partial charge in [0.15, 0.2) is 5.13 Å². The molecule has 3 N–H and O–H groups in total. The molecule has 1 fully saturated rings. The van der Waals surface area contributed by atoms with Gasteiger partial charge in [-0.05, 0) is 25.8 Å². The average Bonchev–Trinajstić information content (AvgIpc) is 3.37. The highest BCUT2D eigenvalue weighted by molar-refractivity contribution is 7.17. The number of anilines is 1. The number of aryl methyl sites for hydroxylation is 1. The third-order valence-electron chi connectivity index (χ3n) is 5.40. The molecule has 3 aromatic rings. The average molecular weight is 510 g/mol. The van der Waals surface area contributed by atoms with Gasteiger partial charge in [0.05, 0.1) is 22.8 Å². The highest BCUT2D eigenvalue weighted by Gasteiger charge is 2.28. The van der Waals surface area contributed by atoms with Crippen molar-refractivity contribution >= 4 is 51.5 Å². The monoisotopic (exact) mass is 509 g/mol. The van der Waals surface area contributed by atoms with Crippen LogP contribution in [0.5, 0.6) is 5.75 Å². The molecule has 1 aliphatic heterocycles. The number of carboxylic acid groups (broad SMARTS) is 1. The highest BCUT2D eigenvalue weighted by atomic mass is 35.5. The lowest BCUT2D eigenvalue weighted by molar-refractivity contribution is 0.0702. The molecule has 0 aliphatic carbocycles. The summed E-state index contributed by atoms with van der Waals surface area (Å²) in [7, 11) is 1.53. The van der Waals surface area contributed by atoms with Gasteiger partial charge in [0.1, 0.15) is 22.0 Å². The van der Waals surface area contributed by atoms with E-state index in [1.807, 2.05) is 4.90 Å². The van der Waals surface area contributed by atoms with Gasteiger partial charge in [-0.25, -0.2) is 9.78 Å². The van der Waals surface area contributed by atoms with Crippen LogP contribution in [-0.2, 0) is 0 Å². The molecule has 0 saturated carbocycles. The van der Waals surface area contributed by atoms with Crippen molar-refractivity contribution < 1.29 is 19.4 Å². The van der Waals surface area contributed by atoms with E-state index >= 15 is 0 Å². The number of carbonyl (C=O) groups is 2. The Kier molecular flexibility index (Phi) is 6.78. The first-order chi connectivity index (χ1) is 15.8. The molecule has 0 bridgehead atoms. The fourth-order valence-electron chi connectivity index (χ4n) is 3.63. The number of methoxy groups -OCH3 is 1. The molecule has 174 valence electrons. The normalized spacial score (nSPS) is 14.4. The lowest BCUT2D eigenvalue weighted by Gasteiger charge is -2.32. The number of halogens is 2. The van der Waals surface area contributed by atoms with Crippen LogP contribution in [0.2, 0.25) is 10.0 Å². The standard InChI is InChI=1S/C21H21Cl2N5O4S/c1-10-14(22)15(23)17(25-10)19(29)26-11-4-7-28(8-5-11)21-27-16(18(33-21)20(30)31)13-9-12(32-2)3-6-24-13/h3,6,9,11,25H,4-5,7-8H2,1-2H3,(H,26,29)(H,30,31). The van der Waals surface area contributed by atoms with Crippen LogP contribution in [0, 0.1) is 6.92 Å². The van der Waals surface area contributed by atoms with E-state index in [4.69, 9.17) is 27.9 Å². The van der Waals surface area contributed by atoms with E-state index in [1.165, 1.54) is 7.11 Å². The molecular formula is C21H21Cl2N5O4S. The molecule has 4 rings (SSSR count). The van der Waals surface area contributed by atoms with E-state index in [-0.39, 0.29) is 27.5 Å². The van der Waals surface area contributed by atoms with Crippen LogP contribution >= 0.6 is 34.5 Å². The summed E-state index contributed by atoms with van der Waals surface area (Å²) in [6.45, 7) is 2.97. The maximum absolute atomic E-state index is 12.6. The van der Waals surface area contributed by atoms with E-state index in [2.05, 4.69) is 20.3 Å². The molecule has 0 radical (unpaired) electrons. The van der Waals surface area contributed by atoms with Crippen molar-refractivity contribution in [3.05, 3.63) is 44.6 Å². The van der Waals surface area contributed by atoms with Crippen molar-refractivity contribution in [2.75, 3.05) is 25.1 Å². The molecule has 3 aromatic heterocycles. The van der Waals surface area contributed by atoms with E-state index in [0.29, 0.717) is 58.9 Å². The Morgan fingerprint density at radius 2 is 2.03 bits per heavy atom. The number of hydrogen-bond acceptors (Lipinski definition) is 7. The minimum atomic E-state index is -1.06. The maximum Gasteiger partial charge on any atom is 0.348 e. The van der Waals surface area contributed by atoms with Gasteiger partial charge in [-0.15, -0.1) is 0 Å². The second-order valence-corrected chi connectivity index (χ2v) is 9.28. The quantitative estimate of drug-likeness (QED) is 0.453. The molecule has 0 unspecified atom stereocenters. The van der Waals surface area contributed by atoms with Gasteiger partial charge in [0, 0.05) is 37.1 Å². The van der Waals surface area contributed by atoms with E-state index in [9.17, 15) is 14.7 Å². The summed E-state index contributed by atoms with van der Waals surface area (Å²) in [5, 5.41) is 13.8. The number of thiazole rings is 1. The second kappa shape index (κ2) is 9.58. The number of aromatic carboxylic acids is 1. The Bertz CT molecular complexity index is 1200. The maximum atomic E-state index is 12.6. The Hall–Kier alpha value is -2.82. The zero-order valence-electron chi connectivity index (χ0n) is 17.8. The van der Waals surface area contributed by atoms with Crippen LogP contribution in [0.1, 0.15) is 38.7 Å². The molecule has 1 aliphatic rings. The molecule has 0 aromatic carbocycles. The number of aromatic amines is 1. The molecule has 1 saturated heterocycles. The van der Waals surface area contributed by atoms with E-state index < -0.39 is 5.97 Å². The van der Waals surface area contributed by atoms with Crippen molar-refractivity contribution in [1.29, 1.82) is 0 Å². The van der Waals surface area contributed by atoms with Gasteiger partial charge in [-0.3, -0.25) is 9.78 Å². The molecule has 4 heterocycles. The summed E-state index contributed by atoms with van der Waals surface area (Å²) in [5.74, 6) is -0.791. The topological polar surface area (TPSA) is 120 Å². The first kappa shape index (κ1) is 23.3. The number of piperidine rings is 1. The minimum Gasteiger partial charge on any atom is -0.497 e. The Balaban J connectivity index is 1.46. The number of nitrogens with zero attached hydrogens (tertiary/aromatic N) is 3. The zero-order chi connectivity index (χ0) is 23.7.